The third kappa shape index (κ3) is 5.84. The highest BCUT2D eigenvalue weighted by atomic mass is 32.2. The minimum absolute atomic E-state index is 0.0147. The van der Waals surface area contributed by atoms with Crippen molar-refractivity contribution in [3.8, 4) is 5.75 Å². The van der Waals surface area contributed by atoms with Crippen molar-refractivity contribution in [2.75, 3.05) is 6.61 Å². The quantitative estimate of drug-likeness (QED) is 0.218. The first kappa shape index (κ1) is 21.4. The Morgan fingerprint density at radius 3 is 1.80 bits per heavy atom. The molecular weight excluding hydrogens is 396 g/mol. The first-order valence-electron chi connectivity index (χ1n) is 9.52. The molecule has 152 valence electrons. The molecule has 30 heavy (non-hydrogen) atoms. The average Bonchev–Trinajstić information content (AvgIpc) is 2.76. The minimum Gasteiger partial charge on any atom is -0.462 e. The summed E-state index contributed by atoms with van der Waals surface area (Å²) in [4.78, 5) is 26.9. The first-order valence-corrected chi connectivity index (χ1v) is 10.7. The van der Waals surface area contributed by atoms with E-state index < -0.39 is 11.9 Å². The van der Waals surface area contributed by atoms with Crippen molar-refractivity contribution >= 4 is 22.8 Å². The van der Waals surface area contributed by atoms with E-state index in [1.165, 1.54) is 9.79 Å². The average molecular weight is 420 g/mol. The Bertz CT molecular complexity index is 959. The molecule has 0 unspecified atom stereocenters. The van der Waals surface area contributed by atoms with Gasteiger partial charge in [-0.15, -0.1) is 0 Å². The summed E-state index contributed by atoms with van der Waals surface area (Å²) in [7, 11) is -0.256. The predicted octanol–water partition coefficient (Wildman–Crippen LogP) is 5.20. The van der Waals surface area contributed by atoms with E-state index >= 15 is 0 Å². The standard InChI is InChI=1S/C25H23O4S/c1-19(2)25(27)28-18-17-24(26)29-20-13-15-23(16-14-20)30(21-9-5-3-6-10-21)22-11-7-4-8-12-22/h3-16H,1,17-18H2,2H3/q+1. The van der Waals surface area contributed by atoms with Crippen molar-refractivity contribution in [1.29, 1.82) is 0 Å². The smallest absolute Gasteiger partial charge is 0.333 e. The Morgan fingerprint density at radius 1 is 0.800 bits per heavy atom. The molecule has 0 aliphatic rings. The maximum Gasteiger partial charge on any atom is 0.333 e. The second kappa shape index (κ2) is 10.5. The van der Waals surface area contributed by atoms with Gasteiger partial charge in [0.2, 0.25) is 0 Å². The number of ether oxygens (including phenoxy) is 2. The molecule has 0 aromatic heterocycles. The Kier molecular flexibility index (Phi) is 7.46. The normalized spacial score (nSPS) is 10.5. The monoisotopic (exact) mass is 419 g/mol. The van der Waals surface area contributed by atoms with Crippen LogP contribution in [0.2, 0.25) is 0 Å². The second-order valence-corrected chi connectivity index (χ2v) is 8.57. The van der Waals surface area contributed by atoms with Crippen LogP contribution in [-0.2, 0) is 25.2 Å². The molecule has 3 rings (SSSR count). The minimum atomic E-state index is -0.513. The van der Waals surface area contributed by atoms with E-state index in [0.29, 0.717) is 11.3 Å². The number of hydrogen-bond donors (Lipinski definition) is 0. The SMILES string of the molecule is C=C(C)C(=O)OCCC(=O)Oc1ccc([S+](c2ccccc2)c2ccccc2)cc1. The van der Waals surface area contributed by atoms with E-state index in [1.54, 1.807) is 19.1 Å². The third-order valence-corrected chi connectivity index (χ3v) is 6.37. The van der Waals surface area contributed by atoms with Crippen LogP contribution >= 0.6 is 0 Å². The Hall–Kier alpha value is -3.31. The van der Waals surface area contributed by atoms with Gasteiger partial charge in [-0.25, -0.2) is 4.79 Å². The van der Waals surface area contributed by atoms with Gasteiger partial charge in [-0.05, 0) is 55.5 Å². The number of esters is 2. The zero-order valence-corrected chi connectivity index (χ0v) is 17.6. The lowest BCUT2D eigenvalue weighted by molar-refractivity contribution is -0.142. The van der Waals surface area contributed by atoms with E-state index in [-0.39, 0.29) is 23.9 Å². The molecule has 0 aliphatic carbocycles. The number of benzene rings is 3. The van der Waals surface area contributed by atoms with Gasteiger partial charge in [0.15, 0.2) is 14.7 Å². The molecule has 0 atom stereocenters. The molecule has 3 aromatic carbocycles. The van der Waals surface area contributed by atoms with Gasteiger partial charge in [-0.1, -0.05) is 43.0 Å². The van der Waals surface area contributed by atoms with Crippen LogP contribution < -0.4 is 4.74 Å². The van der Waals surface area contributed by atoms with Crippen LogP contribution in [0.1, 0.15) is 13.3 Å². The Labute approximate surface area is 179 Å². The zero-order chi connectivity index (χ0) is 21.3. The molecule has 4 nitrogen and oxygen atoms in total. The van der Waals surface area contributed by atoms with Crippen LogP contribution in [-0.4, -0.2) is 18.5 Å². The van der Waals surface area contributed by atoms with E-state index in [1.807, 2.05) is 48.5 Å². The van der Waals surface area contributed by atoms with Gasteiger partial charge in [0.25, 0.3) is 0 Å². The molecule has 0 fully saturated rings. The van der Waals surface area contributed by atoms with Crippen molar-refractivity contribution in [2.24, 2.45) is 0 Å². The van der Waals surface area contributed by atoms with E-state index in [4.69, 9.17) is 9.47 Å². The summed E-state index contributed by atoms with van der Waals surface area (Å²) in [6.07, 6.45) is -0.0147. The summed E-state index contributed by atoms with van der Waals surface area (Å²) in [5.74, 6) is -0.511. The molecule has 0 spiro atoms. The van der Waals surface area contributed by atoms with E-state index in [2.05, 4.69) is 30.8 Å². The summed E-state index contributed by atoms with van der Waals surface area (Å²) < 4.78 is 10.3. The van der Waals surface area contributed by atoms with Crippen LogP contribution in [0.5, 0.6) is 5.75 Å². The molecule has 0 heterocycles. The number of hydrogen-bond acceptors (Lipinski definition) is 4. The van der Waals surface area contributed by atoms with Crippen molar-refractivity contribution in [3.05, 3.63) is 97.1 Å². The van der Waals surface area contributed by atoms with E-state index in [0.717, 1.165) is 4.90 Å². The maximum atomic E-state index is 12.0. The third-order valence-electron chi connectivity index (χ3n) is 4.14. The molecule has 0 saturated heterocycles. The Morgan fingerprint density at radius 2 is 1.30 bits per heavy atom. The van der Waals surface area contributed by atoms with Crippen molar-refractivity contribution in [3.63, 3.8) is 0 Å². The van der Waals surface area contributed by atoms with Crippen LogP contribution in [0.4, 0.5) is 0 Å². The van der Waals surface area contributed by atoms with Crippen LogP contribution in [0.15, 0.2) is 112 Å². The first-order chi connectivity index (χ1) is 14.5. The molecule has 3 aromatic rings. The molecular formula is C25H23O4S+. The molecule has 0 aliphatic heterocycles. The highest BCUT2D eigenvalue weighted by Gasteiger charge is 2.28. The van der Waals surface area contributed by atoms with Crippen molar-refractivity contribution in [1.82, 2.24) is 0 Å². The summed E-state index contributed by atoms with van der Waals surface area (Å²) in [5.41, 5.74) is 0.297. The fraction of sp³-hybridized carbons (Fsp3) is 0.120. The van der Waals surface area contributed by atoms with Crippen LogP contribution in [0.3, 0.4) is 0 Å². The maximum absolute atomic E-state index is 12.0. The van der Waals surface area contributed by atoms with Gasteiger partial charge in [-0.3, -0.25) is 4.79 Å². The molecule has 0 amide bonds. The predicted molar refractivity (Wildman–Crippen MR) is 118 cm³/mol. The van der Waals surface area contributed by atoms with Gasteiger partial charge in [0, 0.05) is 5.57 Å². The van der Waals surface area contributed by atoms with Crippen molar-refractivity contribution < 1.29 is 19.1 Å². The van der Waals surface area contributed by atoms with E-state index in [9.17, 15) is 9.59 Å². The summed E-state index contributed by atoms with van der Waals surface area (Å²) in [5, 5.41) is 0. The molecule has 5 heteroatoms. The largest absolute Gasteiger partial charge is 0.462 e. The highest BCUT2D eigenvalue weighted by molar-refractivity contribution is 7.97. The van der Waals surface area contributed by atoms with Crippen LogP contribution in [0, 0.1) is 0 Å². The second-order valence-electron chi connectivity index (χ2n) is 6.54. The van der Waals surface area contributed by atoms with Gasteiger partial charge < -0.3 is 9.47 Å². The number of carbonyl (C=O) groups is 2. The van der Waals surface area contributed by atoms with Gasteiger partial charge in [0.05, 0.1) is 17.3 Å². The van der Waals surface area contributed by atoms with Gasteiger partial charge >= 0.3 is 11.9 Å². The molecule has 0 N–H and O–H groups in total. The van der Waals surface area contributed by atoms with Crippen LogP contribution in [0.25, 0.3) is 0 Å². The fourth-order valence-electron chi connectivity index (χ4n) is 2.70. The zero-order valence-electron chi connectivity index (χ0n) is 16.7. The highest BCUT2D eigenvalue weighted by Crippen LogP contribution is 2.31. The topological polar surface area (TPSA) is 52.6 Å². The van der Waals surface area contributed by atoms with Gasteiger partial charge in [0.1, 0.15) is 12.4 Å². The number of carbonyl (C=O) groups excluding carboxylic acids is 2. The summed E-state index contributed by atoms with van der Waals surface area (Å²) in [6, 6.07) is 28.2. The number of rotatable bonds is 8. The van der Waals surface area contributed by atoms with Crippen molar-refractivity contribution in [2.45, 2.75) is 28.0 Å². The molecule has 0 bridgehead atoms. The summed E-state index contributed by atoms with van der Waals surface area (Å²) >= 11 is 0. The van der Waals surface area contributed by atoms with Gasteiger partial charge in [-0.2, -0.15) is 0 Å². The molecule has 0 saturated carbocycles. The summed E-state index contributed by atoms with van der Waals surface area (Å²) in [6.45, 7) is 5.02. The lowest BCUT2D eigenvalue weighted by Crippen LogP contribution is -2.14. The fourth-order valence-corrected chi connectivity index (χ4v) is 4.78. The molecule has 0 radical (unpaired) electrons. The Balaban J connectivity index is 1.69. The lowest BCUT2D eigenvalue weighted by Gasteiger charge is -2.09. The lowest BCUT2D eigenvalue weighted by atomic mass is 10.3.